The van der Waals surface area contributed by atoms with E-state index in [1.165, 1.54) is 6.42 Å². The summed E-state index contributed by atoms with van der Waals surface area (Å²) in [5.74, 6) is 2.31. The number of nitrogens with zero attached hydrogens (tertiary/aromatic N) is 1. The number of likely N-dealkylation sites (tertiary alicyclic amines) is 1. The van der Waals surface area contributed by atoms with Crippen molar-refractivity contribution >= 4 is 5.91 Å². The van der Waals surface area contributed by atoms with Crippen LogP contribution >= 0.6 is 0 Å². The molecule has 2 rings (SSSR count). The van der Waals surface area contributed by atoms with E-state index in [0.29, 0.717) is 24.3 Å². The van der Waals surface area contributed by atoms with Gasteiger partial charge in [0.15, 0.2) is 0 Å². The molecule has 1 amide bonds. The number of rotatable bonds is 3. The van der Waals surface area contributed by atoms with E-state index in [0.717, 1.165) is 18.4 Å². The minimum absolute atomic E-state index is 0.317. The van der Waals surface area contributed by atoms with Gasteiger partial charge in [0.2, 0.25) is 5.91 Å². The number of fused-ring (bicyclic) bond motifs is 1. The summed E-state index contributed by atoms with van der Waals surface area (Å²) in [7, 11) is 0. The van der Waals surface area contributed by atoms with Gasteiger partial charge in [-0.3, -0.25) is 4.79 Å². The van der Waals surface area contributed by atoms with E-state index in [4.69, 9.17) is 0 Å². The summed E-state index contributed by atoms with van der Waals surface area (Å²) in [5.41, 5.74) is 0. The van der Waals surface area contributed by atoms with Crippen LogP contribution in [-0.4, -0.2) is 23.4 Å². The number of piperidine rings is 1. The molecule has 0 aromatic rings. The predicted octanol–water partition coefficient (Wildman–Crippen LogP) is 3.09. The Hall–Kier alpha value is -0.790. The Morgan fingerprint density at radius 2 is 2.12 bits per heavy atom. The second kappa shape index (κ2) is 5.51. The Morgan fingerprint density at radius 3 is 2.62 bits per heavy atom. The summed E-state index contributed by atoms with van der Waals surface area (Å²) in [4.78, 5) is 13.9. The van der Waals surface area contributed by atoms with Crippen LogP contribution < -0.4 is 0 Å². The summed E-state index contributed by atoms with van der Waals surface area (Å²) in [6.07, 6.45) is 3.95. The Bertz CT molecular complexity index is 259. The van der Waals surface area contributed by atoms with Crippen LogP contribution in [0.25, 0.3) is 0 Å². The van der Waals surface area contributed by atoms with Crippen molar-refractivity contribution < 1.29 is 4.79 Å². The van der Waals surface area contributed by atoms with Crippen LogP contribution in [0.2, 0.25) is 0 Å². The first kappa shape index (κ1) is 13.3. The van der Waals surface area contributed by atoms with Crippen molar-refractivity contribution in [3.63, 3.8) is 0 Å². The van der Waals surface area contributed by atoms with Crippen molar-refractivity contribution in [3.8, 4) is 0 Å². The Kier molecular flexibility index (Phi) is 4.57. The smallest absolute Gasteiger partial charge is 0.223 e. The van der Waals surface area contributed by atoms with Gasteiger partial charge in [-0.2, -0.15) is 0 Å². The molecule has 16 heavy (non-hydrogen) atoms. The molecule has 0 radical (unpaired) electrons. The van der Waals surface area contributed by atoms with Crippen LogP contribution in [-0.2, 0) is 4.79 Å². The van der Waals surface area contributed by atoms with Crippen molar-refractivity contribution in [1.29, 1.82) is 0 Å². The first-order valence-electron chi connectivity index (χ1n) is 6.55. The second-order valence-electron chi connectivity index (χ2n) is 5.03. The van der Waals surface area contributed by atoms with Gasteiger partial charge >= 0.3 is 0 Å². The molecule has 1 unspecified atom stereocenters. The van der Waals surface area contributed by atoms with Crippen molar-refractivity contribution in [3.05, 3.63) is 12.7 Å². The molecule has 3 atom stereocenters. The molecule has 0 spiro atoms. The third-order valence-electron chi connectivity index (χ3n) is 3.35. The predicted molar refractivity (Wildman–Crippen MR) is 68.1 cm³/mol. The molecular formula is C14H25NO. The average molecular weight is 223 g/mol. The number of hydrogen-bond acceptors (Lipinski definition) is 1. The Balaban J connectivity index is 0.000000606. The fourth-order valence-corrected chi connectivity index (χ4v) is 2.54. The van der Waals surface area contributed by atoms with Crippen LogP contribution in [0.15, 0.2) is 12.7 Å². The molecule has 1 aliphatic carbocycles. The van der Waals surface area contributed by atoms with Gasteiger partial charge in [-0.05, 0) is 24.2 Å². The van der Waals surface area contributed by atoms with E-state index in [1.807, 2.05) is 24.8 Å². The van der Waals surface area contributed by atoms with Crippen LogP contribution in [0.5, 0.6) is 0 Å². The monoisotopic (exact) mass is 223 g/mol. The van der Waals surface area contributed by atoms with Gasteiger partial charge in [-0.15, -0.1) is 6.58 Å². The summed E-state index contributed by atoms with van der Waals surface area (Å²) in [6.45, 7) is 13.0. The summed E-state index contributed by atoms with van der Waals surface area (Å²) in [5, 5.41) is 0. The van der Waals surface area contributed by atoms with Crippen molar-refractivity contribution in [2.24, 2.45) is 17.8 Å². The Morgan fingerprint density at radius 1 is 1.50 bits per heavy atom. The highest BCUT2D eigenvalue weighted by Crippen LogP contribution is 2.50. The molecule has 0 aromatic carbocycles. The molecule has 0 aromatic heterocycles. The van der Waals surface area contributed by atoms with E-state index >= 15 is 0 Å². The molecular weight excluding hydrogens is 198 g/mol. The molecule has 2 nitrogen and oxygen atoms in total. The van der Waals surface area contributed by atoms with Gasteiger partial charge in [0.25, 0.3) is 0 Å². The molecule has 92 valence electrons. The zero-order valence-electron chi connectivity index (χ0n) is 11.1. The first-order valence-corrected chi connectivity index (χ1v) is 6.55. The zero-order valence-corrected chi connectivity index (χ0v) is 11.1. The summed E-state index contributed by atoms with van der Waals surface area (Å²) in [6, 6.07) is 0.339. The van der Waals surface area contributed by atoms with Gasteiger partial charge in [0, 0.05) is 13.0 Å². The molecule has 2 aliphatic rings. The van der Waals surface area contributed by atoms with Crippen molar-refractivity contribution in [1.82, 2.24) is 4.90 Å². The van der Waals surface area contributed by atoms with Crippen LogP contribution in [0.3, 0.4) is 0 Å². The van der Waals surface area contributed by atoms with Crippen molar-refractivity contribution in [2.45, 2.75) is 46.6 Å². The molecule has 1 saturated carbocycles. The SMILES string of the molecule is C=C[C@@H]1C2C[C@H]2CN1C(=O)CC(C)C.CC. The summed E-state index contributed by atoms with van der Waals surface area (Å²) < 4.78 is 0. The first-order chi connectivity index (χ1) is 7.63. The molecule has 1 heterocycles. The summed E-state index contributed by atoms with van der Waals surface area (Å²) >= 11 is 0. The molecule has 0 bridgehead atoms. The minimum Gasteiger partial charge on any atom is -0.336 e. The molecule has 0 N–H and O–H groups in total. The van der Waals surface area contributed by atoms with Crippen LogP contribution in [0.1, 0.15) is 40.5 Å². The van der Waals surface area contributed by atoms with Gasteiger partial charge in [-0.25, -0.2) is 0 Å². The van der Waals surface area contributed by atoms with Crippen molar-refractivity contribution in [2.75, 3.05) is 6.54 Å². The van der Waals surface area contributed by atoms with E-state index in [-0.39, 0.29) is 0 Å². The third kappa shape index (κ3) is 2.66. The lowest BCUT2D eigenvalue weighted by atomic mass is 10.1. The number of amides is 1. The molecule has 2 heteroatoms. The Labute approximate surface area is 99.7 Å². The maximum Gasteiger partial charge on any atom is 0.223 e. The van der Waals surface area contributed by atoms with Crippen LogP contribution in [0.4, 0.5) is 0 Å². The van der Waals surface area contributed by atoms with E-state index < -0.39 is 0 Å². The lowest BCUT2D eigenvalue weighted by Gasteiger charge is -2.25. The van der Waals surface area contributed by atoms with Crippen LogP contribution in [0, 0.1) is 17.8 Å². The lowest BCUT2D eigenvalue weighted by molar-refractivity contribution is -0.132. The normalized spacial score (nSPS) is 30.6. The minimum atomic E-state index is 0.317. The lowest BCUT2D eigenvalue weighted by Crippen LogP contribution is -2.37. The number of hydrogen-bond donors (Lipinski definition) is 0. The quantitative estimate of drug-likeness (QED) is 0.673. The maximum atomic E-state index is 11.9. The van der Waals surface area contributed by atoms with Gasteiger partial charge in [0.1, 0.15) is 0 Å². The largest absolute Gasteiger partial charge is 0.336 e. The highest BCUT2D eigenvalue weighted by Gasteiger charge is 2.52. The van der Waals surface area contributed by atoms with E-state index in [1.54, 1.807) is 0 Å². The van der Waals surface area contributed by atoms with E-state index in [2.05, 4.69) is 20.4 Å². The highest BCUT2D eigenvalue weighted by molar-refractivity contribution is 5.77. The van der Waals surface area contributed by atoms with E-state index in [9.17, 15) is 4.79 Å². The molecule has 1 saturated heterocycles. The van der Waals surface area contributed by atoms with Gasteiger partial charge in [-0.1, -0.05) is 33.8 Å². The molecule has 2 fully saturated rings. The third-order valence-corrected chi connectivity index (χ3v) is 3.35. The van der Waals surface area contributed by atoms with Gasteiger partial charge < -0.3 is 4.90 Å². The standard InChI is InChI=1S/C12H19NO.C2H6/c1-4-11-10-6-9(10)7-13(11)12(14)5-8(2)3;1-2/h4,8-11H,1,5-7H2,2-3H3;1-2H3/t9-,10?,11+;/m0./s1. The number of carbonyl (C=O) groups is 1. The second-order valence-corrected chi connectivity index (χ2v) is 5.03. The fourth-order valence-electron chi connectivity index (χ4n) is 2.54. The highest BCUT2D eigenvalue weighted by atomic mass is 16.2. The maximum absolute atomic E-state index is 11.9. The average Bonchev–Trinajstić information content (AvgIpc) is 2.92. The topological polar surface area (TPSA) is 20.3 Å². The fraction of sp³-hybridized carbons (Fsp3) is 0.786. The van der Waals surface area contributed by atoms with Gasteiger partial charge in [0.05, 0.1) is 6.04 Å². The molecule has 1 aliphatic heterocycles. The zero-order chi connectivity index (χ0) is 12.3. The number of carbonyl (C=O) groups excluding carboxylic acids is 1.